The van der Waals surface area contributed by atoms with Crippen LogP contribution in [0.5, 0.6) is 5.75 Å². The Morgan fingerprint density at radius 3 is 2.61 bits per heavy atom. The van der Waals surface area contributed by atoms with E-state index >= 15 is 0 Å². The quantitative estimate of drug-likeness (QED) is 0.236. The number of carbonyl (C=O) groups is 1. The molecule has 41 heavy (non-hydrogen) atoms. The molecule has 4 aromatic rings. The number of esters is 1. The Labute approximate surface area is 251 Å². The van der Waals surface area contributed by atoms with Crippen LogP contribution in [0.1, 0.15) is 62.5 Å². The Morgan fingerprint density at radius 1 is 1.17 bits per heavy atom. The van der Waals surface area contributed by atoms with E-state index in [4.69, 9.17) is 14.5 Å². The maximum atomic E-state index is 14.3. The molecule has 9 heteroatoms. The predicted molar refractivity (Wildman–Crippen MR) is 167 cm³/mol. The van der Waals surface area contributed by atoms with Crippen molar-refractivity contribution in [1.82, 2.24) is 9.13 Å². The summed E-state index contributed by atoms with van der Waals surface area (Å²) in [7, 11) is 1.34. The highest BCUT2D eigenvalue weighted by Gasteiger charge is 2.35. The second-order valence-electron chi connectivity index (χ2n) is 10.6. The molecule has 214 valence electrons. The van der Waals surface area contributed by atoms with Crippen molar-refractivity contribution in [2.24, 2.45) is 4.99 Å². The Balaban J connectivity index is 1.81. The van der Waals surface area contributed by atoms with Crippen LogP contribution >= 0.6 is 27.3 Å². The number of carbonyl (C=O) groups excluding carboxylic acids is 1. The lowest BCUT2D eigenvalue weighted by atomic mass is 9.95. The molecule has 0 saturated heterocycles. The van der Waals surface area contributed by atoms with Crippen molar-refractivity contribution in [1.29, 1.82) is 0 Å². The monoisotopic (exact) mass is 635 g/mol. The summed E-state index contributed by atoms with van der Waals surface area (Å²) in [6.07, 6.45) is 2.88. The van der Waals surface area contributed by atoms with Crippen LogP contribution < -0.4 is 19.6 Å². The van der Waals surface area contributed by atoms with Crippen LogP contribution in [-0.2, 0) is 16.1 Å². The number of allylic oxidation sites excluding steroid dienone is 1. The summed E-state index contributed by atoms with van der Waals surface area (Å²) in [4.78, 5) is 32.7. The molecule has 5 rings (SSSR count). The van der Waals surface area contributed by atoms with E-state index in [2.05, 4.69) is 59.5 Å². The van der Waals surface area contributed by atoms with Crippen LogP contribution in [0.25, 0.3) is 17.0 Å². The number of ether oxygens (including phenoxy) is 2. The molecule has 0 aliphatic carbocycles. The van der Waals surface area contributed by atoms with Gasteiger partial charge < -0.3 is 14.0 Å². The number of benzene rings is 2. The van der Waals surface area contributed by atoms with Crippen molar-refractivity contribution in [3.8, 4) is 5.75 Å². The van der Waals surface area contributed by atoms with Gasteiger partial charge in [0.2, 0.25) is 0 Å². The lowest BCUT2D eigenvalue weighted by molar-refractivity contribution is -0.136. The first-order valence-corrected chi connectivity index (χ1v) is 15.3. The van der Waals surface area contributed by atoms with Gasteiger partial charge in [0.1, 0.15) is 11.8 Å². The summed E-state index contributed by atoms with van der Waals surface area (Å²) in [6.45, 7) is 12.9. The standard InChI is InChI=1S/C32H34BrN3O4S/c1-8-13-35-20(6)22(23-14-18(4)9-11-25(23)35)16-27-30(37)36-29(24-15-21(33)10-12-26(24)40-17(2)3)28(31(38)39-7)19(5)34-32(36)41-27/h9-12,14-17,29H,8,13H2,1-7H3/b27-16-/t29-/m0/s1. The number of fused-ring (bicyclic) bond motifs is 2. The highest BCUT2D eigenvalue weighted by Crippen LogP contribution is 2.38. The van der Waals surface area contributed by atoms with Crippen LogP contribution in [0.2, 0.25) is 0 Å². The van der Waals surface area contributed by atoms with Gasteiger partial charge in [0.25, 0.3) is 5.56 Å². The first kappa shape index (κ1) is 29.1. The molecule has 2 aromatic heterocycles. The average molecular weight is 637 g/mol. The summed E-state index contributed by atoms with van der Waals surface area (Å²) in [5, 5.41) is 1.12. The van der Waals surface area contributed by atoms with Gasteiger partial charge in [0.15, 0.2) is 4.80 Å². The van der Waals surface area contributed by atoms with Crippen LogP contribution in [0, 0.1) is 13.8 Å². The minimum Gasteiger partial charge on any atom is -0.491 e. The Hall–Kier alpha value is -3.43. The van der Waals surface area contributed by atoms with Crippen LogP contribution in [0.3, 0.4) is 0 Å². The summed E-state index contributed by atoms with van der Waals surface area (Å²) in [5.74, 6) is 0.0581. The first-order chi connectivity index (χ1) is 19.5. The number of thiazole rings is 1. The van der Waals surface area contributed by atoms with Crippen LogP contribution in [0.4, 0.5) is 0 Å². The zero-order valence-electron chi connectivity index (χ0n) is 24.4. The van der Waals surface area contributed by atoms with Crippen molar-refractivity contribution in [3.63, 3.8) is 0 Å². The number of hydrogen-bond donors (Lipinski definition) is 0. The number of aromatic nitrogens is 2. The molecule has 0 radical (unpaired) electrons. The van der Waals surface area contributed by atoms with E-state index in [1.54, 1.807) is 11.5 Å². The SMILES string of the molecule is CCCn1c(C)c(/C=c2\sc3n(c2=O)[C@@H](c2cc(Br)ccc2OC(C)C)C(C(=O)OC)=C(C)N=3)c2cc(C)ccc21. The molecule has 1 aliphatic rings. The van der Waals surface area contributed by atoms with Gasteiger partial charge in [-0.1, -0.05) is 45.8 Å². The highest BCUT2D eigenvalue weighted by molar-refractivity contribution is 9.10. The molecule has 1 aliphatic heterocycles. The van der Waals surface area contributed by atoms with Gasteiger partial charge in [-0.3, -0.25) is 9.36 Å². The van der Waals surface area contributed by atoms with Crippen LogP contribution in [0.15, 0.2) is 61.9 Å². The van der Waals surface area contributed by atoms with Crippen molar-refractivity contribution in [2.45, 2.75) is 66.7 Å². The second-order valence-corrected chi connectivity index (χ2v) is 12.5. The maximum Gasteiger partial charge on any atom is 0.338 e. The zero-order chi connectivity index (χ0) is 29.6. The minimum atomic E-state index is -0.767. The van der Waals surface area contributed by atoms with Gasteiger partial charge >= 0.3 is 5.97 Å². The third-order valence-electron chi connectivity index (χ3n) is 7.31. The largest absolute Gasteiger partial charge is 0.491 e. The van der Waals surface area contributed by atoms with E-state index in [0.29, 0.717) is 31.9 Å². The van der Waals surface area contributed by atoms with Gasteiger partial charge in [-0.2, -0.15) is 0 Å². The lowest BCUT2D eigenvalue weighted by Gasteiger charge is -2.26. The topological polar surface area (TPSA) is 74.8 Å². The van der Waals surface area contributed by atoms with Crippen molar-refractivity contribution in [3.05, 3.63) is 94.2 Å². The molecule has 2 aromatic carbocycles. The molecule has 3 heterocycles. The van der Waals surface area contributed by atoms with Crippen molar-refractivity contribution >= 4 is 50.2 Å². The third kappa shape index (κ3) is 5.21. The molecule has 0 spiro atoms. The maximum absolute atomic E-state index is 14.3. The van der Waals surface area contributed by atoms with Crippen molar-refractivity contribution in [2.75, 3.05) is 7.11 Å². The molecule has 0 saturated carbocycles. The summed E-state index contributed by atoms with van der Waals surface area (Å²) in [6, 6.07) is 11.3. The summed E-state index contributed by atoms with van der Waals surface area (Å²) >= 11 is 4.90. The van der Waals surface area contributed by atoms with Crippen LogP contribution in [-0.4, -0.2) is 28.3 Å². The average Bonchev–Trinajstić information content (AvgIpc) is 3.36. The van der Waals surface area contributed by atoms with E-state index < -0.39 is 12.0 Å². The number of halogens is 1. The van der Waals surface area contributed by atoms with E-state index in [0.717, 1.165) is 45.2 Å². The van der Waals surface area contributed by atoms with Gasteiger partial charge in [-0.05, 0) is 77.4 Å². The fourth-order valence-corrected chi connectivity index (χ4v) is 6.94. The number of hydrogen-bond acceptors (Lipinski definition) is 6. The molecule has 0 unspecified atom stereocenters. The number of rotatable bonds is 7. The normalized spacial score (nSPS) is 15.4. The van der Waals surface area contributed by atoms with Gasteiger partial charge in [0.05, 0.1) is 29.0 Å². The van der Waals surface area contributed by atoms with E-state index in [1.807, 2.05) is 38.1 Å². The first-order valence-electron chi connectivity index (χ1n) is 13.7. The van der Waals surface area contributed by atoms with Gasteiger partial charge in [-0.25, -0.2) is 9.79 Å². The smallest absolute Gasteiger partial charge is 0.338 e. The Bertz CT molecular complexity index is 1890. The molecule has 0 bridgehead atoms. The van der Waals surface area contributed by atoms with Crippen molar-refractivity contribution < 1.29 is 14.3 Å². The second kappa shape index (κ2) is 11.4. The molecular formula is C32H34BrN3O4S. The molecule has 0 N–H and O–H groups in total. The summed E-state index contributed by atoms with van der Waals surface area (Å²) < 4.78 is 16.6. The number of nitrogens with zero attached hydrogens (tertiary/aromatic N) is 3. The van der Waals surface area contributed by atoms with E-state index in [1.165, 1.54) is 18.4 Å². The zero-order valence-corrected chi connectivity index (χ0v) is 26.8. The lowest BCUT2D eigenvalue weighted by Crippen LogP contribution is -2.40. The number of aryl methyl sites for hydroxylation is 2. The Morgan fingerprint density at radius 2 is 1.93 bits per heavy atom. The molecule has 1 atom stereocenters. The molecule has 0 amide bonds. The van der Waals surface area contributed by atoms with Gasteiger partial charge in [0, 0.05) is 38.7 Å². The van der Waals surface area contributed by atoms with Gasteiger partial charge in [-0.15, -0.1) is 0 Å². The third-order valence-corrected chi connectivity index (χ3v) is 8.78. The summed E-state index contributed by atoms with van der Waals surface area (Å²) in [5.41, 5.74) is 5.73. The molecule has 0 fully saturated rings. The molecule has 7 nitrogen and oxygen atoms in total. The highest BCUT2D eigenvalue weighted by atomic mass is 79.9. The Kier molecular flexibility index (Phi) is 8.12. The minimum absolute atomic E-state index is 0.107. The predicted octanol–water partition coefficient (Wildman–Crippen LogP) is 5.94. The van der Waals surface area contributed by atoms with E-state index in [9.17, 15) is 9.59 Å². The number of methoxy groups -OCH3 is 1. The van der Waals surface area contributed by atoms with E-state index in [-0.39, 0.29) is 11.7 Å². The molecular weight excluding hydrogens is 602 g/mol. The fraction of sp³-hybridized carbons (Fsp3) is 0.344. The fourth-order valence-electron chi connectivity index (χ4n) is 5.53.